The molecule has 0 aliphatic heterocycles. The van der Waals surface area contributed by atoms with E-state index >= 15 is 0 Å². The molecule has 2 heteroatoms. The predicted octanol–water partition coefficient (Wildman–Crippen LogP) is 5.32. The first-order valence-corrected chi connectivity index (χ1v) is 8.80. The van der Waals surface area contributed by atoms with Gasteiger partial charge in [0.05, 0.1) is 6.61 Å². The summed E-state index contributed by atoms with van der Waals surface area (Å²) in [5, 5.41) is 3.44. The lowest BCUT2D eigenvalue weighted by Gasteiger charge is -2.12. The molecule has 0 aliphatic carbocycles. The first-order valence-electron chi connectivity index (χ1n) is 8.80. The van der Waals surface area contributed by atoms with E-state index in [0.717, 1.165) is 25.4 Å². The molecule has 0 fully saturated rings. The molecule has 0 atom stereocenters. The van der Waals surface area contributed by atoms with Crippen LogP contribution in [0.4, 0.5) is 0 Å². The second-order valence-electron chi connectivity index (χ2n) is 5.75. The van der Waals surface area contributed by atoms with E-state index in [-0.39, 0.29) is 0 Å². The van der Waals surface area contributed by atoms with Gasteiger partial charge < -0.3 is 10.1 Å². The van der Waals surface area contributed by atoms with Crippen molar-refractivity contribution in [2.24, 2.45) is 0 Å². The maximum atomic E-state index is 5.96. The number of para-hydroxylation sites is 1. The highest BCUT2D eigenvalue weighted by atomic mass is 16.5. The van der Waals surface area contributed by atoms with Crippen molar-refractivity contribution in [1.82, 2.24) is 5.32 Å². The summed E-state index contributed by atoms with van der Waals surface area (Å²) >= 11 is 0. The molecule has 1 rings (SSSR count). The summed E-state index contributed by atoms with van der Waals surface area (Å²) < 4.78 is 5.96. The predicted molar refractivity (Wildman–Crippen MR) is 91.9 cm³/mol. The molecule has 0 aromatic heterocycles. The smallest absolute Gasteiger partial charge is 0.123 e. The highest BCUT2D eigenvalue weighted by molar-refractivity contribution is 5.33. The van der Waals surface area contributed by atoms with Gasteiger partial charge in [-0.2, -0.15) is 0 Å². The van der Waals surface area contributed by atoms with E-state index < -0.39 is 0 Å². The lowest BCUT2D eigenvalue weighted by Crippen LogP contribution is -2.14. The van der Waals surface area contributed by atoms with E-state index in [0.29, 0.717) is 0 Å². The fraction of sp³-hybridized carbons (Fsp3) is 0.684. The Morgan fingerprint density at radius 3 is 2.33 bits per heavy atom. The van der Waals surface area contributed by atoms with Crippen molar-refractivity contribution < 1.29 is 4.74 Å². The van der Waals surface area contributed by atoms with Crippen molar-refractivity contribution in [3.63, 3.8) is 0 Å². The summed E-state index contributed by atoms with van der Waals surface area (Å²) in [7, 11) is 0. The number of nitrogens with one attached hydrogen (secondary N) is 1. The van der Waals surface area contributed by atoms with Gasteiger partial charge in [-0.25, -0.2) is 0 Å². The third-order valence-corrected chi connectivity index (χ3v) is 3.72. The van der Waals surface area contributed by atoms with Crippen LogP contribution in [0.1, 0.15) is 70.8 Å². The van der Waals surface area contributed by atoms with Crippen LogP contribution >= 0.6 is 0 Å². The highest BCUT2D eigenvalue weighted by Crippen LogP contribution is 2.18. The molecule has 0 saturated heterocycles. The summed E-state index contributed by atoms with van der Waals surface area (Å²) in [6.07, 6.45) is 10.5. The molecule has 0 spiro atoms. The van der Waals surface area contributed by atoms with Gasteiger partial charge in [-0.05, 0) is 25.5 Å². The van der Waals surface area contributed by atoms with E-state index in [4.69, 9.17) is 4.74 Å². The molecule has 0 radical (unpaired) electrons. The fourth-order valence-corrected chi connectivity index (χ4v) is 2.43. The minimum atomic E-state index is 0.846. The zero-order chi connectivity index (χ0) is 15.2. The zero-order valence-electron chi connectivity index (χ0n) is 14.0. The van der Waals surface area contributed by atoms with Gasteiger partial charge in [0, 0.05) is 12.1 Å². The Balaban J connectivity index is 2.16. The van der Waals surface area contributed by atoms with Crippen LogP contribution in [0.3, 0.4) is 0 Å². The number of rotatable bonds is 13. The number of hydrogen-bond donors (Lipinski definition) is 1. The van der Waals surface area contributed by atoms with E-state index in [1.165, 1.54) is 56.9 Å². The van der Waals surface area contributed by atoms with E-state index in [2.05, 4.69) is 43.4 Å². The second-order valence-corrected chi connectivity index (χ2v) is 5.75. The topological polar surface area (TPSA) is 21.3 Å². The molecule has 0 unspecified atom stereocenters. The van der Waals surface area contributed by atoms with Gasteiger partial charge >= 0.3 is 0 Å². The van der Waals surface area contributed by atoms with Gasteiger partial charge in [0.25, 0.3) is 0 Å². The molecule has 0 bridgehead atoms. The Hall–Kier alpha value is -1.02. The lowest BCUT2D eigenvalue weighted by molar-refractivity contribution is 0.300. The standard InChI is InChI=1S/C19H33NO/c1-3-5-6-7-8-9-12-16-21-19-14-11-10-13-18(19)17-20-15-4-2/h10-11,13-14,20H,3-9,12,15-17H2,1-2H3. The van der Waals surface area contributed by atoms with Crippen molar-refractivity contribution in [1.29, 1.82) is 0 Å². The third kappa shape index (κ3) is 8.77. The quantitative estimate of drug-likeness (QED) is 0.497. The Kier molecular flexibility index (Phi) is 10.9. The van der Waals surface area contributed by atoms with Crippen molar-refractivity contribution in [2.75, 3.05) is 13.2 Å². The molecule has 0 saturated carbocycles. The SMILES string of the molecule is CCCCCCCCCOc1ccccc1CNCCC. The Morgan fingerprint density at radius 2 is 1.57 bits per heavy atom. The zero-order valence-corrected chi connectivity index (χ0v) is 14.0. The summed E-state index contributed by atoms with van der Waals surface area (Å²) in [5.74, 6) is 1.05. The number of benzene rings is 1. The van der Waals surface area contributed by atoms with Crippen LogP contribution < -0.4 is 10.1 Å². The number of ether oxygens (including phenoxy) is 1. The maximum absolute atomic E-state index is 5.96. The molecular weight excluding hydrogens is 258 g/mol. The average molecular weight is 291 g/mol. The molecule has 0 heterocycles. The molecule has 1 aromatic rings. The normalized spacial score (nSPS) is 10.8. The first kappa shape index (κ1) is 18.0. The minimum Gasteiger partial charge on any atom is -0.493 e. The molecule has 2 nitrogen and oxygen atoms in total. The molecule has 21 heavy (non-hydrogen) atoms. The molecule has 1 aromatic carbocycles. The molecule has 1 N–H and O–H groups in total. The van der Waals surface area contributed by atoms with Gasteiger partial charge in [-0.1, -0.05) is 70.6 Å². The maximum Gasteiger partial charge on any atom is 0.123 e. The van der Waals surface area contributed by atoms with Crippen LogP contribution in [0, 0.1) is 0 Å². The van der Waals surface area contributed by atoms with E-state index in [9.17, 15) is 0 Å². The Bertz CT molecular complexity index is 351. The summed E-state index contributed by atoms with van der Waals surface area (Å²) in [5.41, 5.74) is 1.27. The number of hydrogen-bond acceptors (Lipinski definition) is 2. The molecule has 120 valence electrons. The van der Waals surface area contributed by atoms with E-state index in [1.807, 2.05) is 0 Å². The van der Waals surface area contributed by atoms with Crippen LogP contribution in [0.2, 0.25) is 0 Å². The summed E-state index contributed by atoms with van der Waals surface area (Å²) in [6, 6.07) is 8.39. The van der Waals surface area contributed by atoms with Crippen molar-refractivity contribution in [3.05, 3.63) is 29.8 Å². The van der Waals surface area contributed by atoms with Crippen molar-refractivity contribution in [2.45, 2.75) is 71.8 Å². The number of unbranched alkanes of at least 4 members (excludes halogenated alkanes) is 6. The van der Waals surface area contributed by atoms with Gasteiger partial charge in [-0.15, -0.1) is 0 Å². The van der Waals surface area contributed by atoms with Gasteiger partial charge in [0.1, 0.15) is 5.75 Å². The van der Waals surface area contributed by atoms with Gasteiger partial charge in [0.15, 0.2) is 0 Å². The van der Waals surface area contributed by atoms with Gasteiger partial charge in [0.2, 0.25) is 0 Å². The van der Waals surface area contributed by atoms with Crippen LogP contribution in [-0.4, -0.2) is 13.2 Å². The van der Waals surface area contributed by atoms with Crippen molar-refractivity contribution >= 4 is 0 Å². The first-order chi connectivity index (χ1) is 10.4. The van der Waals surface area contributed by atoms with Gasteiger partial charge in [-0.3, -0.25) is 0 Å². The van der Waals surface area contributed by atoms with Crippen LogP contribution in [0.5, 0.6) is 5.75 Å². The highest BCUT2D eigenvalue weighted by Gasteiger charge is 2.02. The molecule has 0 aliphatic rings. The third-order valence-electron chi connectivity index (χ3n) is 3.72. The van der Waals surface area contributed by atoms with Crippen LogP contribution in [0.15, 0.2) is 24.3 Å². The minimum absolute atomic E-state index is 0.846. The second kappa shape index (κ2) is 12.7. The average Bonchev–Trinajstić information content (AvgIpc) is 2.51. The van der Waals surface area contributed by atoms with E-state index in [1.54, 1.807) is 0 Å². The Labute approximate surface area is 131 Å². The lowest BCUT2D eigenvalue weighted by atomic mass is 10.1. The monoisotopic (exact) mass is 291 g/mol. The summed E-state index contributed by atoms with van der Waals surface area (Å²) in [4.78, 5) is 0. The summed E-state index contributed by atoms with van der Waals surface area (Å²) in [6.45, 7) is 7.27. The van der Waals surface area contributed by atoms with Crippen LogP contribution in [0.25, 0.3) is 0 Å². The van der Waals surface area contributed by atoms with Crippen molar-refractivity contribution in [3.8, 4) is 5.75 Å². The molecular formula is C19H33NO. The molecule has 0 amide bonds. The fourth-order valence-electron chi connectivity index (χ4n) is 2.43. The largest absolute Gasteiger partial charge is 0.493 e. The Morgan fingerprint density at radius 1 is 0.857 bits per heavy atom. The van der Waals surface area contributed by atoms with Crippen LogP contribution in [-0.2, 0) is 6.54 Å².